The van der Waals surface area contributed by atoms with Gasteiger partial charge in [0, 0.05) is 11.1 Å². The molecule has 0 atom stereocenters. The van der Waals surface area contributed by atoms with Crippen molar-refractivity contribution in [1.29, 1.82) is 0 Å². The molecule has 0 aromatic rings. The molecule has 1 aliphatic heterocycles. The van der Waals surface area contributed by atoms with Crippen molar-refractivity contribution >= 4 is 0 Å². The van der Waals surface area contributed by atoms with Crippen molar-refractivity contribution in [3.8, 4) is 0 Å². The second kappa shape index (κ2) is 4.58. The van der Waals surface area contributed by atoms with Gasteiger partial charge in [0.1, 0.15) is 0 Å². The van der Waals surface area contributed by atoms with E-state index in [0.717, 1.165) is 11.1 Å². The van der Waals surface area contributed by atoms with Gasteiger partial charge in [-0.1, -0.05) is 65.8 Å². The van der Waals surface area contributed by atoms with Crippen molar-refractivity contribution < 1.29 is 14.5 Å². The van der Waals surface area contributed by atoms with E-state index in [4.69, 9.17) is 14.5 Å². The Hall–Kier alpha value is -0.900. The van der Waals surface area contributed by atoms with Crippen LogP contribution in [0, 0.1) is 10.8 Å². The summed E-state index contributed by atoms with van der Waals surface area (Å²) in [6.45, 7) is 13.1. The zero-order valence-electron chi connectivity index (χ0n) is 12.7. The van der Waals surface area contributed by atoms with Gasteiger partial charge in [-0.2, -0.15) is 4.89 Å². The lowest BCUT2D eigenvalue weighted by Gasteiger charge is -2.40. The van der Waals surface area contributed by atoms with Gasteiger partial charge in [0.2, 0.25) is 5.79 Å². The number of hydrogen-bond acceptors (Lipinski definition) is 3. The minimum Gasteiger partial charge on any atom is -0.310 e. The van der Waals surface area contributed by atoms with Gasteiger partial charge >= 0.3 is 0 Å². The summed E-state index contributed by atoms with van der Waals surface area (Å²) in [5.74, 6) is -0.903. The van der Waals surface area contributed by atoms with E-state index >= 15 is 0 Å². The molecule has 1 saturated heterocycles. The van der Waals surface area contributed by atoms with Crippen LogP contribution in [-0.2, 0) is 14.5 Å². The summed E-state index contributed by atoms with van der Waals surface area (Å²) in [4.78, 5) is 10.8. The second-order valence-electron chi connectivity index (χ2n) is 7.13. The van der Waals surface area contributed by atoms with Crippen LogP contribution in [0.1, 0.15) is 41.5 Å². The molecule has 1 spiro atoms. The largest absolute Gasteiger partial charge is 0.310 e. The molecule has 0 radical (unpaired) electrons. The Labute approximate surface area is 115 Å². The van der Waals surface area contributed by atoms with Gasteiger partial charge in [0.15, 0.2) is 6.79 Å². The molecule has 3 nitrogen and oxygen atoms in total. The SMILES string of the molecule is CC(C)(C)C1=CC=CC=C(C(C)(C)C)C12OCOO2. The predicted molar refractivity (Wildman–Crippen MR) is 75.1 cm³/mol. The van der Waals surface area contributed by atoms with Gasteiger partial charge in [-0.3, -0.25) is 0 Å². The summed E-state index contributed by atoms with van der Waals surface area (Å²) in [5.41, 5.74) is 2.00. The molecule has 19 heavy (non-hydrogen) atoms. The molecular formula is C16H24O3. The molecule has 0 N–H and O–H groups in total. The van der Waals surface area contributed by atoms with Gasteiger partial charge in [-0.15, -0.1) is 0 Å². The highest BCUT2D eigenvalue weighted by Crippen LogP contribution is 2.50. The summed E-state index contributed by atoms with van der Waals surface area (Å²) in [6, 6.07) is 0. The number of allylic oxidation sites excluding steroid dienone is 4. The Morgan fingerprint density at radius 1 is 0.895 bits per heavy atom. The molecule has 106 valence electrons. The van der Waals surface area contributed by atoms with Crippen molar-refractivity contribution in [2.75, 3.05) is 6.79 Å². The van der Waals surface area contributed by atoms with Gasteiger partial charge in [0.25, 0.3) is 0 Å². The first-order valence-electron chi connectivity index (χ1n) is 6.73. The maximum Gasteiger partial charge on any atom is 0.249 e. The Balaban J connectivity index is 2.60. The molecular weight excluding hydrogens is 240 g/mol. The van der Waals surface area contributed by atoms with E-state index in [2.05, 4.69) is 53.7 Å². The van der Waals surface area contributed by atoms with Crippen molar-refractivity contribution in [3.05, 3.63) is 35.5 Å². The van der Waals surface area contributed by atoms with Crippen LogP contribution < -0.4 is 0 Å². The van der Waals surface area contributed by atoms with Crippen molar-refractivity contribution in [2.45, 2.75) is 47.3 Å². The first-order valence-corrected chi connectivity index (χ1v) is 6.73. The van der Waals surface area contributed by atoms with Crippen LogP contribution in [0.25, 0.3) is 0 Å². The Bertz CT molecular complexity index is 400. The highest BCUT2D eigenvalue weighted by atomic mass is 17.3. The minimum absolute atomic E-state index is 0.0767. The van der Waals surface area contributed by atoms with E-state index in [-0.39, 0.29) is 17.6 Å². The topological polar surface area (TPSA) is 27.7 Å². The second-order valence-corrected chi connectivity index (χ2v) is 7.13. The predicted octanol–water partition coefficient (Wildman–Crippen LogP) is 4.13. The maximum absolute atomic E-state index is 5.92. The van der Waals surface area contributed by atoms with E-state index in [9.17, 15) is 0 Å². The fourth-order valence-corrected chi connectivity index (χ4v) is 2.64. The van der Waals surface area contributed by atoms with Crippen molar-refractivity contribution in [3.63, 3.8) is 0 Å². The highest BCUT2D eigenvalue weighted by Gasteiger charge is 2.52. The lowest BCUT2D eigenvalue weighted by Crippen LogP contribution is -2.43. The fraction of sp³-hybridized carbons (Fsp3) is 0.625. The fourth-order valence-electron chi connectivity index (χ4n) is 2.64. The maximum atomic E-state index is 5.92. The Kier molecular flexibility index (Phi) is 3.50. The summed E-state index contributed by atoms with van der Waals surface area (Å²) in [7, 11) is 0. The smallest absolute Gasteiger partial charge is 0.249 e. The average Bonchev–Trinajstić information content (AvgIpc) is 2.58. The Morgan fingerprint density at radius 3 is 1.68 bits per heavy atom. The average molecular weight is 264 g/mol. The van der Waals surface area contributed by atoms with Gasteiger partial charge in [-0.25, -0.2) is 4.89 Å². The third-order valence-corrected chi connectivity index (χ3v) is 3.45. The first-order chi connectivity index (χ1) is 8.68. The normalized spacial score (nSPS) is 23.3. The van der Waals surface area contributed by atoms with Crippen LogP contribution in [0.15, 0.2) is 35.5 Å². The van der Waals surface area contributed by atoms with Crippen LogP contribution in [0.4, 0.5) is 0 Å². The van der Waals surface area contributed by atoms with Crippen LogP contribution in [0.3, 0.4) is 0 Å². The molecule has 1 heterocycles. The summed E-state index contributed by atoms with van der Waals surface area (Å²) >= 11 is 0. The van der Waals surface area contributed by atoms with E-state index in [1.54, 1.807) is 0 Å². The molecule has 0 saturated carbocycles. The zero-order valence-corrected chi connectivity index (χ0v) is 12.7. The quantitative estimate of drug-likeness (QED) is 0.616. The van der Waals surface area contributed by atoms with Crippen LogP contribution in [0.2, 0.25) is 0 Å². The molecule has 2 rings (SSSR count). The van der Waals surface area contributed by atoms with E-state index in [1.165, 1.54) is 0 Å². The van der Waals surface area contributed by atoms with Crippen LogP contribution in [-0.4, -0.2) is 12.6 Å². The monoisotopic (exact) mass is 264 g/mol. The number of ether oxygens (including phenoxy) is 1. The van der Waals surface area contributed by atoms with Crippen molar-refractivity contribution in [1.82, 2.24) is 0 Å². The van der Waals surface area contributed by atoms with Gasteiger partial charge in [0.05, 0.1) is 0 Å². The van der Waals surface area contributed by atoms with E-state index in [0.29, 0.717) is 0 Å². The molecule has 2 aliphatic rings. The third kappa shape index (κ3) is 2.55. The molecule has 0 amide bonds. The van der Waals surface area contributed by atoms with Crippen LogP contribution >= 0.6 is 0 Å². The number of rotatable bonds is 0. The molecule has 3 heteroatoms. The molecule has 0 unspecified atom stereocenters. The molecule has 0 bridgehead atoms. The lowest BCUT2D eigenvalue weighted by atomic mass is 9.72. The summed E-state index contributed by atoms with van der Waals surface area (Å²) in [5, 5.41) is 0. The minimum atomic E-state index is -0.903. The van der Waals surface area contributed by atoms with Gasteiger partial charge < -0.3 is 4.74 Å². The molecule has 1 fully saturated rings. The van der Waals surface area contributed by atoms with E-state index < -0.39 is 5.79 Å². The van der Waals surface area contributed by atoms with Crippen molar-refractivity contribution in [2.24, 2.45) is 10.8 Å². The molecule has 1 aliphatic carbocycles. The summed E-state index contributed by atoms with van der Waals surface area (Å²) in [6.07, 6.45) is 8.21. The zero-order chi connectivity index (χ0) is 14.3. The summed E-state index contributed by atoms with van der Waals surface area (Å²) < 4.78 is 5.92. The van der Waals surface area contributed by atoms with Crippen LogP contribution in [0.5, 0.6) is 0 Å². The van der Waals surface area contributed by atoms with E-state index in [1.807, 2.05) is 12.2 Å². The molecule has 0 aromatic heterocycles. The lowest BCUT2D eigenvalue weighted by molar-refractivity contribution is -0.301. The number of hydrogen-bond donors (Lipinski definition) is 0. The van der Waals surface area contributed by atoms with Gasteiger partial charge in [-0.05, 0) is 10.8 Å². The standard InChI is InChI=1S/C16H24O3/c1-14(2,3)12-9-7-8-10-13(15(4,5)6)16(12)17-11-18-19-16/h7-10H,11H2,1-6H3. The highest BCUT2D eigenvalue weighted by molar-refractivity contribution is 5.42. The third-order valence-electron chi connectivity index (χ3n) is 3.45. The molecule has 0 aromatic carbocycles. The first kappa shape index (κ1) is 14.5. The Morgan fingerprint density at radius 2 is 1.37 bits per heavy atom.